The fraction of sp³-hybridized carbons (Fsp3) is 0.556. The fourth-order valence-electron chi connectivity index (χ4n) is 1.78. The number of rotatable bonds is 4. The molecule has 1 saturated carbocycles. The summed E-state index contributed by atoms with van der Waals surface area (Å²) in [7, 11) is -2.84. The molecule has 1 aliphatic rings. The maximum absolute atomic E-state index is 10.5. The van der Waals surface area contributed by atoms with Gasteiger partial charge in [0.05, 0.1) is 6.10 Å². The topological polar surface area (TPSA) is 81.5 Å². The van der Waals surface area contributed by atoms with Crippen LogP contribution in [0.25, 0.3) is 0 Å². The minimum absolute atomic E-state index is 0.00116. The third-order valence-electron chi connectivity index (χ3n) is 2.45. The van der Waals surface area contributed by atoms with Crippen LogP contribution in [0.15, 0.2) is 18.6 Å². The molecule has 16 heavy (non-hydrogen) atoms. The van der Waals surface area contributed by atoms with E-state index in [9.17, 15) is 4.57 Å². The first kappa shape index (κ1) is 11.5. The van der Waals surface area contributed by atoms with E-state index in [4.69, 9.17) is 14.2 Å². The quantitative estimate of drug-likeness (QED) is 0.801. The minimum atomic E-state index is -2.84. The Balaban J connectivity index is 1.83. The van der Waals surface area contributed by atoms with Crippen LogP contribution in [0.2, 0.25) is 0 Å². The van der Waals surface area contributed by atoms with Gasteiger partial charge in [0.1, 0.15) is 12.4 Å². The maximum Gasteiger partial charge on any atom is 0.316 e. The van der Waals surface area contributed by atoms with E-state index < -0.39 is 8.25 Å². The van der Waals surface area contributed by atoms with Gasteiger partial charge < -0.3 is 14.2 Å². The van der Waals surface area contributed by atoms with Crippen molar-refractivity contribution >= 4 is 8.25 Å². The Labute approximate surface area is 93.6 Å². The van der Waals surface area contributed by atoms with Crippen LogP contribution in [-0.4, -0.2) is 27.1 Å². The lowest BCUT2D eigenvalue weighted by Gasteiger charge is -2.12. The van der Waals surface area contributed by atoms with E-state index in [-0.39, 0.29) is 12.2 Å². The van der Waals surface area contributed by atoms with E-state index in [2.05, 4.69) is 9.97 Å². The summed E-state index contributed by atoms with van der Waals surface area (Å²) in [5, 5.41) is 0. The standard InChI is InChI=1S/C9H13N2O4P/c12-16(13)15-8-2-1-7(5-8)14-9-3-4-10-6-11-9/h3-4,6-8,16H,1-2,5H2,(H,12,13). The van der Waals surface area contributed by atoms with E-state index in [1.54, 1.807) is 12.3 Å². The van der Waals surface area contributed by atoms with Gasteiger partial charge in [-0.05, 0) is 12.8 Å². The van der Waals surface area contributed by atoms with Crippen LogP contribution in [-0.2, 0) is 9.09 Å². The Bertz CT molecular complexity index is 362. The van der Waals surface area contributed by atoms with Gasteiger partial charge in [0, 0.05) is 18.7 Å². The zero-order valence-corrected chi connectivity index (χ0v) is 9.57. The molecule has 0 saturated heterocycles. The Kier molecular flexibility index (Phi) is 3.88. The zero-order chi connectivity index (χ0) is 11.4. The number of hydrogen-bond acceptors (Lipinski definition) is 5. The molecule has 0 radical (unpaired) electrons. The third-order valence-corrected chi connectivity index (χ3v) is 2.98. The Hall–Kier alpha value is -0.970. The Morgan fingerprint density at radius 3 is 2.94 bits per heavy atom. The van der Waals surface area contributed by atoms with Crippen LogP contribution < -0.4 is 4.74 Å². The summed E-state index contributed by atoms with van der Waals surface area (Å²) in [4.78, 5) is 16.4. The van der Waals surface area contributed by atoms with Gasteiger partial charge in [0.15, 0.2) is 0 Å². The molecule has 1 aliphatic carbocycles. The molecule has 0 bridgehead atoms. The predicted octanol–water partition coefficient (Wildman–Crippen LogP) is 1.18. The summed E-state index contributed by atoms with van der Waals surface area (Å²) < 4.78 is 21.0. The van der Waals surface area contributed by atoms with Gasteiger partial charge in [0.25, 0.3) is 0 Å². The van der Waals surface area contributed by atoms with E-state index in [1.165, 1.54) is 6.33 Å². The minimum Gasteiger partial charge on any atom is -0.474 e. The highest BCUT2D eigenvalue weighted by molar-refractivity contribution is 7.32. The van der Waals surface area contributed by atoms with Crippen LogP contribution in [0.1, 0.15) is 19.3 Å². The molecule has 3 unspecified atom stereocenters. The molecular weight excluding hydrogens is 231 g/mol. The smallest absolute Gasteiger partial charge is 0.316 e. The van der Waals surface area contributed by atoms with E-state index in [1.807, 2.05) is 0 Å². The van der Waals surface area contributed by atoms with Gasteiger partial charge in [-0.25, -0.2) is 9.97 Å². The molecule has 6 nitrogen and oxygen atoms in total. The first-order valence-electron chi connectivity index (χ1n) is 5.06. The molecule has 1 aromatic rings. The average molecular weight is 244 g/mol. The summed E-state index contributed by atoms with van der Waals surface area (Å²) in [6, 6.07) is 1.68. The molecule has 1 N–H and O–H groups in total. The number of aromatic nitrogens is 2. The summed E-state index contributed by atoms with van der Waals surface area (Å²) >= 11 is 0. The number of ether oxygens (including phenoxy) is 1. The van der Waals surface area contributed by atoms with Crippen molar-refractivity contribution in [3.05, 3.63) is 18.6 Å². The highest BCUT2D eigenvalue weighted by atomic mass is 31.1. The van der Waals surface area contributed by atoms with Gasteiger partial charge in [-0.2, -0.15) is 0 Å². The molecule has 0 spiro atoms. The van der Waals surface area contributed by atoms with Crippen molar-refractivity contribution in [1.29, 1.82) is 0 Å². The van der Waals surface area contributed by atoms with Crippen LogP contribution in [0, 0.1) is 0 Å². The lowest BCUT2D eigenvalue weighted by molar-refractivity contribution is 0.157. The van der Waals surface area contributed by atoms with Crippen molar-refractivity contribution < 1.29 is 18.7 Å². The number of hydrogen-bond donors (Lipinski definition) is 1. The van der Waals surface area contributed by atoms with Gasteiger partial charge in [0.2, 0.25) is 5.88 Å². The molecule has 2 rings (SSSR count). The first-order chi connectivity index (χ1) is 7.74. The highest BCUT2D eigenvalue weighted by Gasteiger charge is 2.28. The average Bonchev–Trinajstić information content (AvgIpc) is 2.66. The van der Waals surface area contributed by atoms with Crippen molar-refractivity contribution in [2.75, 3.05) is 0 Å². The molecular formula is C9H13N2O4P. The number of nitrogens with zero attached hydrogens (tertiary/aromatic N) is 2. The summed E-state index contributed by atoms with van der Waals surface area (Å²) in [5.41, 5.74) is 0. The molecule has 88 valence electrons. The van der Waals surface area contributed by atoms with E-state index in [0.29, 0.717) is 12.3 Å². The Morgan fingerprint density at radius 1 is 1.44 bits per heavy atom. The molecule has 0 aromatic carbocycles. The summed E-state index contributed by atoms with van der Waals surface area (Å²) in [6.07, 6.45) is 5.03. The monoisotopic (exact) mass is 244 g/mol. The van der Waals surface area contributed by atoms with Crippen molar-refractivity contribution in [2.45, 2.75) is 31.5 Å². The lowest BCUT2D eigenvalue weighted by atomic mass is 10.3. The zero-order valence-electron chi connectivity index (χ0n) is 8.57. The highest BCUT2D eigenvalue weighted by Crippen LogP contribution is 2.31. The lowest BCUT2D eigenvalue weighted by Crippen LogP contribution is -2.14. The predicted molar refractivity (Wildman–Crippen MR) is 56.4 cm³/mol. The molecule has 1 aromatic heterocycles. The molecule has 3 atom stereocenters. The normalized spacial score (nSPS) is 26.6. The van der Waals surface area contributed by atoms with Crippen molar-refractivity contribution in [2.24, 2.45) is 0 Å². The second kappa shape index (κ2) is 5.39. The maximum atomic E-state index is 10.5. The SMILES string of the molecule is O=[PH](O)OC1CCC(Oc2ccncn2)C1. The second-order valence-corrected chi connectivity index (χ2v) is 4.37. The van der Waals surface area contributed by atoms with Crippen molar-refractivity contribution in [1.82, 2.24) is 9.97 Å². The fourth-order valence-corrected chi connectivity index (χ4v) is 2.28. The molecule has 7 heteroatoms. The largest absolute Gasteiger partial charge is 0.474 e. The molecule has 1 heterocycles. The Morgan fingerprint density at radius 2 is 2.25 bits per heavy atom. The summed E-state index contributed by atoms with van der Waals surface area (Å²) in [5.74, 6) is 0.525. The van der Waals surface area contributed by atoms with Crippen molar-refractivity contribution in [3.63, 3.8) is 0 Å². The molecule has 0 aliphatic heterocycles. The second-order valence-electron chi connectivity index (χ2n) is 3.61. The van der Waals surface area contributed by atoms with Gasteiger partial charge in [-0.15, -0.1) is 0 Å². The first-order valence-corrected chi connectivity index (χ1v) is 6.32. The van der Waals surface area contributed by atoms with Crippen LogP contribution in [0.5, 0.6) is 5.88 Å². The van der Waals surface area contributed by atoms with Gasteiger partial charge in [-0.1, -0.05) is 0 Å². The van der Waals surface area contributed by atoms with Crippen molar-refractivity contribution in [3.8, 4) is 5.88 Å². The molecule has 0 amide bonds. The van der Waals surface area contributed by atoms with E-state index >= 15 is 0 Å². The van der Waals surface area contributed by atoms with E-state index in [0.717, 1.165) is 12.8 Å². The van der Waals surface area contributed by atoms with Crippen LogP contribution in [0.3, 0.4) is 0 Å². The third kappa shape index (κ3) is 3.27. The van der Waals surface area contributed by atoms with Crippen LogP contribution >= 0.6 is 8.25 Å². The molecule has 1 fully saturated rings. The van der Waals surface area contributed by atoms with Gasteiger partial charge >= 0.3 is 8.25 Å². The van der Waals surface area contributed by atoms with Crippen LogP contribution in [0.4, 0.5) is 0 Å². The van der Waals surface area contributed by atoms with Gasteiger partial charge in [-0.3, -0.25) is 4.57 Å². The summed E-state index contributed by atoms with van der Waals surface area (Å²) in [6.45, 7) is 0.